The highest BCUT2D eigenvalue weighted by Gasteiger charge is 2.18. The van der Waals surface area contributed by atoms with Gasteiger partial charge in [0.1, 0.15) is 5.52 Å². The quantitative estimate of drug-likeness (QED) is 0.883. The van der Waals surface area contributed by atoms with Crippen LogP contribution in [0.25, 0.3) is 11.2 Å². The maximum Gasteiger partial charge on any atom is 0.337 e. The summed E-state index contributed by atoms with van der Waals surface area (Å²) in [5, 5.41) is 8.93. The molecule has 2 aromatic heterocycles. The number of hydrogen-bond donors (Lipinski definition) is 1. The van der Waals surface area contributed by atoms with Crippen LogP contribution in [-0.4, -0.2) is 25.6 Å². The topological polar surface area (TPSA) is 68.0 Å². The van der Waals surface area contributed by atoms with E-state index in [0.717, 1.165) is 18.5 Å². The molecule has 5 heteroatoms. The van der Waals surface area contributed by atoms with Gasteiger partial charge >= 0.3 is 5.97 Å². The predicted octanol–water partition coefficient (Wildman–Crippen LogP) is 2.63. The van der Waals surface area contributed by atoms with E-state index < -0.39 is 5.97 Å². The minimum absolute atomic E-state index is 0.191. The minimum atomic E-state index is -0.961. The zero-order valence-corrected chi connectivity index (χ0v) is 10.0. The van der Waals surface area contributed by atoms with Crippen LogP contribution in [-0.2, 0) is 0 Å². The van der Waals surface area contributed by atoms with Crippen molar-refractivity contribution in [2.24, 2.45) is 0 Å². The summed E-state index contributed by atoms with van der Waals surface area (Å²) in [4.78, 5) is 19.4. The second-order valence-corrected chi connectivity index (χ2v) is 4.82. The molecule has 3 rings (SSSR count). The predicted molar refractivity (Wildman–Crippen MR) is 66.6 cm³/mol. The molecular formula is C13H15N3O2. The Hall–Kier alpha value is -1.91. The largest absolute Gasteiger partial charge is 0.478 e. The van der Waals surface area contributed by atoms with Gasteiger partial charge in [0.15, 0.2) is 5.65 Å². The van der Waals surface area contributed by atoms with E-state index in [9.17, 15) is 4.79 Å². The van der Waals surface area contributed by atoms with Gasteiger partial charge in [-0.2, -0.15) is 0 Å². The third-order valence-electron chi connectivity index (χ3n) is 3.63. The fraction of sp³-hybridized carbons (Fsp3) is 0.462. The number of hydrogen-bond acceptors (Lipinski definition) is 3. The summed E-state index contributed by atoms with van der Waals surface area (Å²) in [5.41, 5.74) is 1.66. The second-order valence-electron chi connectivity index (χ2n) is 4.82. The van der Waals surface area contributed by atoms with E-state index >= 15 is 0 Å². The van der Waals surface area contributed by atoms with Crippen molar-refractivity contribution < 1.29 is 9.90 Å². The number of carboxylic acids is 1. The molecule has 1 N–H and O–H groups in total. The van der Waals surface area contributed by atoms with Crippen molar-refractivity contribution in [2.45, 2.75) is 38.1 Å². The molecule has 0 atom stereocenters. The summed E-state index contributed by atoms with van der Waals surface area (Å²) < 4.78 is 2.10. The van der Waals surface area contributed by atoms with E-state index in [4.69, 9.17) is 5.11 Å². The van der Waals surface area contributed by atoms with Gasteiger partial charge < -0.3 is 9.67 Å². The molecule has 5 nitrogen and oxygen atoms in total. The zero-order chi connectivity index (χ0) is 12.5. The monoisotopic (exact) mass is 245 g/mol. The highest BCUT2D eigenvalue weighted by atomic mass is 16.4. The van der Waals surface area contributed by atoms with Crippen LogP contribution >= 0.6 is 0 Å². The minimum Gasteiger partial charge on any atom is -0.478 e. The molecular weight excluding hydrogens is 230 g/mol. The van der Waals surface area contributed by atoms with Crippen LogP contribution in [0.1, 0.15) is 48.5 Å². The SMILES string of the molecule is O=C(O)c1cnc2c(c1)ncn2C1CCCCC1. The third-order valence-corrected chi connectivity index (χ3v) is 3.63. The van der Waals surface area contributed by atoms with Gasteiger partial charge in [-0.05, 0) is 18.9 Å². The number of aromatic nitrogens is 3. The van der Waals surface area contributed by atoms with Crippen molar-refractivity contribution in [2.75, 3.05) is 0 Å². The van der Waals surface area contributed by atoms with Gasteiger partial charge in [-0.1, -0.05) is 19.3 Å². The summed E-state index contributed by atoms with van der Waals surface area (Å²) >= 11 is 0. The van der Waals surface area contributed by atoms with Crippen LogP contribution in [0.2, 0.25) is 0 Å². The molecule has 0 radical (unpaired) electrons. The van der Waals surface area contributed by atoms with Gasteiger partial charge in [-0.15, -0.1) is 0 Å². The molecule has 0 spiro atoms. The highest BCUT2D eigenvalue weighted by Crippen LogP contribution is 2.30. The van der Waals surface area contributed by atoms with Crippen LogP contribution in [0.5, 0.6) is 0 Å². The fourth-order valence-electron chi connectivity index (χ4n) is 2.66. The first-order valence-corrected chi connectivity index (χ1v) is 6.31. The zero-order valence-electron chi connectivity index (χ0n) is 10.0. The molecule has 2 aromatic rings. The highest BCUT2D eigenvalue weighted by molar-refractivity contribution is 5.90. The van der Waals surface area contributed by atoms with E-state index in [1.165, 1.54) is 25.5 Å². The standard InChI is InChI=1S/C13H15N3O2/c17-13(18)9-6-11-12(14-7-9)16(8-15-11)10-4-2-1-3-5-10/h6-8,10H,1-5H2,(H,17,18). The lowest BCUT2D eigenvalue weighted by atomic mass is 9.95. The molecule has 0 amide bonds. The van der Waals surface area contributed by atoms with E-state index in [1.807, 2.05) is 0 Å². The van der Waals surface area contributed by atoms with Gasteiger partial charge in [-0.25, -0.2) is 14.8 Å². The first kappa shape index (κ1) is 11.2. The van der Waals surface area contributed by atoms with E-state index in [2.05, 4.69) is 14.5 Å². The average molecular weight is 245 g/mol. The molecule has 0 aromatic carbocycles. The van der Waals surface area contributed by atoms with E-state index in [1.54, 1.807) is 12.4 Å². The normalized spacial score (nSPS) is 17.1. The van der Waals surface area contributed by atoms with E-state index in [-0.39, 0.29) is 5.56 Å². The van der Waals surface area contributed by atoms with Crippen LogP contribution in [0, 0.1) is 0 Å². The average Bonchev–Trinajstić information content (AvgIpc) is 2.82. The Bertz CT molecular complexity index is 585. The van der Waals surface area contributed by atoms with Gasteiger partial charge in [0.25, 0.3) is 0 Å². The lowest BCUT2D eigenvalue weighted by molar-refractivity contribution is 0.0696. The van der Waals surface area contributed by atoms with Crippen molar-refractivity contribution in [3.63, 3.8) is 0 Å². The molecule has 1 fully saturated rings. The van der Waals surface area contributed by atoms with Crippen molar-refractivity contribution in [1.82, 2.24) is 14.5 Å². The molecule has 1 aliphatic carbocycles. The summed E-state index contributed by atoms with van der Waals surface area (Å²) in [6.07, 6.45) is 9.32. The maximum atomic E-state index is 10.9. The first-order valence-electron chi connectivity index (χ1n) is 6.31. The summed E-state index contributed by atoms with van der Waals surface area (Å²) in [6, 6.07) is 2.05. The van der Waals surface area contributed by atoms with Crippen LogP contribution in [0.3, 0.4) is 0 Å². The summed E-state index contributed by atoms with van der Waals surface area (Å²) in [7, 11) is 0. The molecule has 0 bridgehead atoms. The van der Waals surface area contributed by atoms with E-state index in [0.29, 0.717) is 11.6 Å². The maximum absolute atomic E-state index is 10.9. The Morgan fingerprint density at radius 2 is 2.06 bits per heavy atom. The number of fused-ring (bicyclic) bond motifs is 1. The third kappa shape index (κ3) is 1.85. The lowest BCUT2D eigenvalue weighted by Crippen LogP contribution is -2.12. The Morgan fingerprint density at radius 3 is 2.78 bits per heavy atom. The van der Waals surface area contributed by atoms with Crippen molar-refractivity contribution in [3.05, 3.63) is 24.2 Å². The Balaban J connectivity index is 2.01. The molecule has 1 aliphatic rings. The number of carboxylic acid groups (broad SMARTS) is 1. The number of aromatic carboxylic acids is 1. The van der Waals surface area contributed by atoms with Gasteiger partial charge in [0, 0.05) is 12.2 Å². The molecule has 94 valence electrons. The second kappa shape index (κ2) is 4.40. The van der Waals surface area contributed by atoms with Crippen LogP contribution in [0.15, 0.2) is 18.6 Å². The smallest absolute Gasteiger partial charge is 0.337 e. The first-order chi connectivity index (χ1) is 8.75. The number of imidazole rings is 1. The number of rotatable bonds is 2. The summed E-state index contributed by atoms with van der Waals surface area (Å²) in [5.74, 6) is -0.961. The number of pyridine rings is 1. The lowest BCUT2D eigenvalue weighted by Gasteiger charge is -2.23. The van der Waals surface area contributed by atoms with Gasteiger partial charge in [0.2, 0.25) is 0 Å². The van der Waals surface area contributed by atoms with Crippen LogP contribution in [0.4, 0.5) is 0 Å². The Labute approximate surface area is 104 Å². The molecule has 0 unspecified atom stereocenters. The molecule has 18 heavy (non-hydrogen) atoms. The fourth-order valence-corrected chi connectivity index (χ4v) is 2.66. The number of nitrogens with zero attached hydrogens (tertiary/aromatic N) is 3. The molecule has 1 saturated carbocycles. The van der Waals surface area contributed by atoms with Crippen molar-refractivity contribution >= 4 is 17.1 Å². The van der Waals surface area contributed by atoms with Gasteiger partial charge in [-0.3, -0.25) is 0 Å². The van der Waals surface area contributed by atoms with Gasteiger partial charge in [0.05, 0.1) is 11.9 Å². The molecule has 2 heterocycles. The summed E-state index contributed by atoms with van der Waals surface area (Å²) in [6.45, 7) is 0. The number of carbonyl (C=O) groups is 1. The Morgan fingerprint density at radius 1 is 1.28 bits per heavy atom. The molecule has 0 saturated heterocycles. The van der Waals surface area contributed by atoms with Crippen LogP contribution < -0.4 is 0 Å². The van der Waals surface area contributed by atoms with Crippen molar-refractivity contribution in [1.29, 1.82) is 0 Å². The Kier molecular flexibility index (Phi) is 2.74. The molecule has 0 aliphatic heterocycles. The van der Waals surface area contributed by atoms with Crippen molar-refractivity contribution in [3.8, 4) is 0 Å².